The van der Waals surface area contributed by atoms with Crippen molar-refractivity contribution >= 4 is 17.6 Å². The van der Waals surface area contributed by atoms with Gasteiger partial charge in [0.25, 0.3) is 0 Å². The van der Waals surface area contributed by atoms with E-state index in [1.807, 2.05) is 0 Å². The van der Waals surface area contributed by atoms with Gasteiger partial charge in [-0.2, -0.15) is 0 Å². The van der Waals surface area contributed by atoms with Crippen LogP contribution in [0.25, 0.3) is 0 Å². The Hall–Kier alpha value is -2.14. The van der Waals surface area contributed by atoms with Crippen molar-refractivity contribution in [1.29, 1.82) is 0 Å². The molecule has 0 bridgehead atoms. The molecule has 0 saturated heterocycles. The number of ether oxygens (including phenoxy) is 2. The van der Waals surface area contributed by atoms with Gasteiger partial charge < -0.3 is 9.47 Å². The van der Waals surface area contributed by atoms with E-state index in [0.29, 0.717) is 5.56 Å². The van der Waals surface area contributed by atoms with Crippen LogP contribution in [0.15, 0.2) is 36.5 Å². The zero-order valence-electron chi connectivity index (χ0n) is 9.89. The molecule has 2 rings (SSSR count). The second-order valence-corrected chi connectivity index (χ2v) is 3.96. The molecule has 1 heterocycles. The maximum atomic E-state index is 12.9. The average molecular weight is 282 g/mol. The zero-order valence-corrected chi connectivity index (χ0v) is 10.6. The number of carbonyl (C=O) groups is 1. The van der Waals surface area contributed by atoms with E-state index in [1.165, 1.54) is 37.6 Å². The number of benzene rings is 1. The molecule has 0 amide bonds. The first-order valence-electron chi connectivity index (χ1n) is 5.27. The van der Waals surface area contributed by atoms with Crippen LogP contribution in [0.3, 0.4) is 0 Å². The molecular formula is C13H9ClFNO3. The fourth-order valence-corrected chi connectivity index (χ4v) is 1.56. The second kappa shape index (κ2) is 5.67. The van der Waals surface area contributed by atoms with Crippen molar-refractivity contribution in [2.24, 2.45) is 0 Å². The molecule has 1 aromatic heterocycles. The van der Waals surface area contributed by atoms with Crippen molar-refractivity contribution in [1.82, 2.24) is 4.98 Å². The fourth-order valence-electron chi connectivity index (χ4n) is 1.35. The normalized spacial score (nSPS) is 10.1. The summed E-state index contributed by atoms with van der Waals surface area (Å²) in [6.45, 7) is 0. The summed E-state index contributed by atoms with van der Waals surface area (Å²) in [5, 5.41) is 0.138. The first-order valence-corrected chi connectivity index (χ1v) is 5.65. The average Bonchev–Trinajstić information content (AvgIpc) is 2.42. The van der Waals surface area contributed by atoms with Gasteiger partial charge in [-0.15, -0.1) is 0 Å². The minimum atomic E-state index is -0.487. The quantitative estimate of drug-likeness (QED) is 0.809. The molecule has 0 N–H and O–H groups in total. The summed E-state index contributed by atoms with van der Waals surface area (Å²) < 4.78 is 22.8. The van der Waals surface area contributed by atoms with Crippen molar-refractivity contribution in [3.63, 3.8) is 0 Å². The topological polar surface area (TPSA) is 48.4 Å². The van der Waals surface area contributed by atoms with Crippen LogP contribution >= 0.6 is 11.6 Å². The molecule has 0 aliphatic carbocycles. The third-order valence-corrected chi connectivity index (χ3v) is 2.56. The molecule has 0 aliphatic rings. The number of hydrogen-bond acceptors (Lipinski definition) is 4. The smallest absolute Gasteiger partial charge is 0.339 e. The Kier molecular flexibility index (Phi) is 3.97. The van der Waals surface area contributed by atoms with Crippen LogP contribution in [-0.2, 0) is 4.74 Å². The van der Waals surface area contributed by atoms with Gasteiger partial charge >= 0.3 is 5.97 Å². The number of nitrogens with zero attached hydrogens (tertiary/aromatic N) is 1. The molecule has 98 valence electrons. The summed E-state index contributed by atoms with van der Waals surface area (Å²) in [5.41, 5.74) is 0.306. The molecule has 1 aromatic carbocycles. The van der Waals surface area contributed by atoms with Gasteiger partial charge in [0.2, 0.25) is 5.88 Å². The molecular weight excluding hydrogens is 273 g/mol. The van der Waals surface area contributed by atoms with E-state index in [1.54, 1.807) is 0 Å². The molecule has 4 nitrogen and oxygen atoms in total. The van der Waals surface area contributed by atoms with E-state index in [0.717, 1.165) is 6.07 Å². The van der Waals surface area contributed by atoms with Gasteiger partial charge in [0.15, 0.2) is 0 Å². The summed E-state index contributed by atoms with van der Waals surface area (Å²) in [5.74, 6) is -0.423. The lowest BCUT2D eigenvalue weighted by molar-refractivity contribution is 0.0600. The van der Waals surface area contributed by atoms with E-state index in [-0.39, 0.29) is 16.7 Å². The monoisotopic (exact) mass is 281 g/mol. The van der Waals surface area contributed by atoms with Gasteiger partial charge in [-0.3, -0.25) is 0 Å². The van der Waals surface area contributed by atoms with Crippen molar-refractivity contribution in [2.75, 3.05) is 7.11 Å². The minimum Gasteiger partial charge on any atom is -0.465 e. The molecule has 19 heavy (non-hydrogen) atoms. The summed E-state index contributed by atoms with van der Waals surface area (Å²) in [7, 11) is 1.28. The Morgan fingerprint density at radius 3 is 2.68 bits per heavy atom. The number of carbonyl (C=O) groups excluding carboxylic acids is 1. The van der Waals surface area contributed by atoms with E-state index >= 15 is 0 Å². The number of hydrogen-bond donors (Lipinski definition) is 0. The van der Waals surface area contributed by atoms with Crippen LogP contribution in [0.2, 0.25) is 5.02 Å². The standard InChI is InChI=1S/C13H9ClFNO3/c1-18-13(17)8-2-5-12(16-7-8)19-11-4-3-9(15)6-10(11)14/h2-7H,1H3. The predicted octanol–water partition coefficient (Wildman–Crippen LogP) is 3.45. The Balaban J connectivity index is 2.17. The molecule has 0 spiro atoms. The van der Waals surface area contributed by atoms with Crippen LogP contribution in [0.1, 0.15) is 10.4 Å². The maximum absolute atomic E-state index is 12.9. The Morgan fingerprint density at radius 1 is 1.32 bits per heavy atom. The van der Waals surface area contributed by atoms with E-state index in [4.69, 9.17) is 16.3 Å². The van der Waals surface area contributed by atoms with E-state index < -0.39 is 11.8 Å². The molecule has 0 aliphatic heterocycles. The lowest BCUT2D eigenvalue weighted by Gasteiger charge is -2.06. The largest absolute Gasteiger partial charge is 0.465 e. The summed E-state index contributed by atoms with van der Waals surface area (Å²) in [4.78, 5) is 15.1. The number of pyridine rings is 1. The van der Waals surface area contributed by atoms with Crippen LogP contribution in [0.5, 0.6) is 11.6 Å². The van der Waals surface area contributed by atoms with Crippen LogP contribution < -0.4 is 4.74 Å². The molecule has 2 aromatic rings. The van der Waals surface area contributed by atoms with Crippen LogP contribution in [0, 0.1) is 5.82 Å². The molecule has 6 heteroatoms. The Bertz CT molecular complexity index is 601. The molecule has 0 unspecified atom stereocenters. The Labute approximate surface area is 113 Å². The lowest BCUT2D eigenvalue weighted by Crippen LogP contribution is -2.01. The summed E-state index contributed by atoms with van der Waals surface area (Å²) in [6.07, 6.45) is 1.32. The van der Waals surface area contributed by atoms with Gasteiger partial charge in [-0.1, -0.05) is 11.6 Å². The SMILES string of the molecule is COC(=O)c1ccc(Oc2ccc(F)cc2Cl)nc1. The molecule has 0 atom stereocenters. The van der Waals surface area contributed by atoms with Crippen molar-refractivity contribution in [3.05, 3.63) is 52.9 Å². The zero-order chi connectivity index (χ0) is 13.8. The fraction of sp³-hybridized carbons (Fsp3) is 0.0769. The van der Waals surface area contributed by atoms with E-state index in [2.05, 4.69) is 9.72 Å². The van der Waals surface area contributed by atoms with Gasteiger partial charge in [-0.25, -0.2) is 14.2 Å². The summed E-state index contributed by atoms with van der Waals surface area (Å²) in [6, 6.07) is 6.76. The van der Waals surface area contributed by atoms with Crippen molar-refractivity contribution in [3.8, 4) is 11.6 Å². The first kappa shape index (κ1) is 13.3. The highest BCUT2D eigenvalue weighted by Gasteiger charge is 2.08. The van der Waals surface area contributed by atoms with Gasteiger partial charge in [0, 0.05) is 12.3 Å². The lowest BCUT2D eigenvalue weighted by atomic mass is 10.3. The van der Waals surface area contributed by atoms with E-state index in [9.17, 15) is 9.18 Å². The highest BCUT2D eigenvalue weighted by molar-refractivity contribution is 6.32. The number of methoxy groups -OCH3 is 1. The van der Waals surface area contributed by atoms with Gasteiger partial charge in [-0.05, 0) is 24.3 Å². The van der Waals surface area contributed by atoms with Crippen molar-refractivity contribution < 1.29 is 18.7 Å². The first-order chi connectivity index (χ1) is 9.10. The highest BCUT2D eigenvalue weighted by atomic mass is 35.5. The highest BCUT2D eigenvalue weighted by Crippen LogP contribution is 2.28. The molecule has 0 radical (unpaired) electrons. The molecule has 0 fully saturated rings. The molecule has 0 saturated carbocycles. The number of rotatable bonds is 3. The van der Waals surface area contributed by atoms with Crippen LogP contribution in [0.4, 0.5) is 4.39 Å². The minimum absolute atomic E-state index is 0.138. The third-order valence-electron chi connectivity index (χ3n) is 2.27. The number of esters is 1. The van der Waals surface area contributed by atoms with Gasteiger partial charge in [0.1, 0.15) is 11.6 Å². The number of halogens is 2. The maximum Gasteiger partial charge on any atom is 0.339 e. The third kappa shape index (κ3) is 3.20. The van der Waals surface area contributed by atoms with Gasteiger partial charge in [0.05, 0.1) is 17.7 Å². The van der Waals surface area contributed by atoms with Crippen LogP contribution in [-0.4, -0.2) is 18.1 Å². The Morgan fingerprint density at radius 2 is 2.11 bits per heavy atom. The predicted molar refractivity (Wildman–Crippen MR) is 67.1 cm³/mol. The van der Waals surface area contributed by atoms with Crippen molar-refractivity contribution in [2.45, 2.75) is 0 Å². The summed E-state index contributed by atoms with van der Waals surface area (Å²) >= 11 is 5.82. The number of aromatic nitrogens is 1. The second-order valence-electron chi connectivity index (χ2n) is 3.55.